The van der Waals surface area contributed by atoms with Gasteiger partial charge >= 0.3 is 0 Å². The lowest BCUT2D eigenvalue weighted by atomic mass is 10.1. The van der Waals surface area contributed by atoms with Crippen LogP contribution in [-0.4, -0.2) is 48.8 Å². The summed E-state index contributed by atoms with van der Waals surface area (Å²) < 4.78 is 0. The smallest absolute Gasteiger partial charge is 0.0471 e. The van der Waals surface area contributed by atoms with E-state index in [1.807, 2.05) is 0 Å². The molecule has 0 aromatic rings. The van der Waals surface area contributed by atoms with Gasteiger partial charge in [-0.25, -0.2) is 0 Å². The van der Waals surface area contributed by atoms with Gasteiger partial charge in [-0.3, -0.25) is 4.90 Å². The Labute approximate surface area is 92.2 Å². The lowest BCUT2D eigenvalue weighted by Gasteiger charge is -2.17. The zero-order valence-electron chi connectivity index (χ0n) is 9.41. The molecule has 0 bridgehead atoms. The Hall–Kier alpha value is -0.380. The zero-order chi connectivity index (χ0) is 10.7. The predicted molar refractivity (Wildman–Crippen MR) is 61.8 cm³/mol. The Bertz CT molecular complexity index is 226. The maximum Gasteiger partial charge on any atom is 0.0471 e. The molecule has 0 spiro atoms. The van der Waals surface area contributed by atoms with Crippen molar-refractivity contribution in [2.75, 3.05) is 32.8 Å². The molecule has 15 heavy (non-hydrogen) atoms. The quantitative estimate of drug-likeness (QED) is 0.631. The summed E-state index contributed by atoms with van der Waals surface area (Å²) in [5.74, 6) is 0.495. The highest BCUT2D eigenvalue weighted by Gasteiger charge is 2.23. The van der Waals surface area contributed by atoms with E-state index >= 15 is 0 Å². The zero-order valence-corrected chi connectivity index (χ0v) is 9.41. The summed E-state index contributed by atoms with van der Waals surface area (Å²) in [7, 11) is 0. The van der Waals surface area contributed by atoms with Gasteiger partial charge in [-0.15, -0.1) is 0 Å². The van der Waals surface area contributed by atoms with E-state index in [2.05, 4.69) is 16.8 Å². The van der Waals surface area contributed by atoms with Gasteiger partial charge < -0.3 is 10.4 Å². The molecule has 3 heteroatoms. The lowest BCUT2D eigenvalue weighted by molar-refractivity contribution is 0.224. The van der Waals surface area contributed by atoms with Crippen molar-refractivity contribution in [3.63, 3.8) is 0 Å². The summed E-state index contributed by atoms with van der Waals surface area (Å²) in [4.78, 5) is 2.40. The normalized spacial score (nSPS) is 27.1. The highest BCUT2D eigenvalue weighted by atomic mass is 16.3. The van der Waals surface area contributed by atoms with Crippen molar-refractivity contribution < 1.29 is 5.11 Å². The molecule has 0 radical (unpaired) electrons. The Balaban J connectivity index is 1.61. The van der Waals surface area contributed by atoms with E-state index < -0.39 is 0 Å². The van der Waals surface area contributed by atoms with Crippen molar-refractivity contribution in [3.05, 3.63) is 12.2 Å². The van der Waals surface area contributed by atoms with Crippen LogP contribution in [0.2, 0.25) is 0 Å². The molecule has 1 atom stereocenters. The van der Waals surface area contributed by atoms with E-state index in [1.54, 1.807) is 0 Å². The molecule has 2 fully saturated rings. The molecule has 1 saturated heterocycles. The minimum atomic E-state index is 0.337. The van der Waals surface area contributed by atoms with Crippen LogP contribution in [0.15, 0.2) is 12.2 Å². The topological polar surface area (TPSA) is 35.5 Å². The molecule has 1 heterocycles. The van der Waals surface area contributed by atoms with Crippen molar-refractivity contribution >= 4 is 0 Å². The van der Waals surface area contributed by atoms with E-state index in [1.165, 1.54) is 18.4 Å². The summed E-state index contributed by atoms with van der Waals surface area (Å²) in [6.45, 7) is 8.56. The highest BCUT2D eigenvalue weighted by molar-refractivity contribution is 5.02. The molecular weight excluding hydrogens is 188 g/mol. The number of likely N-dealkylation sites (tertiary alicyclic amines) is 1. The Kier molecular flexibility index (Phi) is 3.78. The first-order valence-corrected chi connectivity index (χ1v) is 6.01. The van der Waals surface area contributed by atoms with Crippen molar-refractivity contribution in [1.82, 2.24) is 10.2 Å². The largest absolute Gasteiger partial charge is 0.396 e. The van der Waals surface area contributed by atoms with Crippen molar-refractivity contribution in [3.8, 4) is 0 Å². The fraction of sp³-hybridized carbons (Fsp3) is 0.833. The van der Waals surface area contributed by atoms with E-state index in [4.69, 9.17) is 5.11 Å². The summed E-state index contributed by atoms with van der Waals surface area (Å²) in [6.07, 6.45) is 3.81. The second kappa shape index (κ2) is 5.10. The van der Waals surface area contributed by atoms with Gasteiger partial charge in [-0.1, -0.05) is 6.58 Å². The third-order valence-corrected chi connectivity index (χ3v) is 3.29. The minimum absolute atomic E-state index is 0.337. The van der Waals surface area contributed by atoms with Gasteiger partial charge in [-0.05, 0) is 37.3 Å². The average Bonchev–Trinajstić information content (AvgIpc) is 2.96. The first-order valence-electron chi connectivity index (χ1n) is 6.01. The third kappa shape index (κ3) is 3.59. The summed E-state index contributed by atoms with van der Waals surface area (Å²) >= 11 is 0. The molecule has 2 aliphatic rings. The molecule has 1 aliphatic carbocycles. The number of nitrogens with one attached hydrogen (secondary N) is 1. The Morgan fingerprint density at radius 2 is 2.20 bits per heavy atom. The number of rotatable bonds is 6. The van der Waals surface area contributed by atoms with Crippen LogP contribution in [-0.2, 0) is 0 Å². The average molecular weight is 210 g/mol. The van der Waals surface area contributed by atoms with E-state index in [-0.39, 0.29) is 0 Å². The number of hydrogen-bond donors (Lipinski definition) is 2. The second-order valence-electron chi connectivity index (χ2n) is 4.98. The molecule has 1 unspecified atom stereocenters. The molecule has 2 rings (SSSR count). The van der Waals surface area contributed by atoms with Crippen LogP contribution in [0.3, 0.4) is 0 Å². The summed E-state index contributed by atoms with van der Waals surface area (Å²) in [5, 5.41) is 12.5. The van der Waals surface area contributed by atoms with E-state index in [9.17, 15) is 0 Å². The van der Waals surface area contributed by atoms with Gasteiger partial charge in [0.2, 0.25) is 0 Å². The molecule has 0 amide bonds. The number of aliphatic hydroxyl groups excluding tert-OH is 1. The third-order valence-electron chi connectivity index (χ3n) is 3.29. The molecular formula is C12H22N2O. The molecule has 0 aromatic carbocycles. The van der Waals surface area contributed by atoms with Crippen molar-refractivity contribution in [2.24, 2.45) is 5.92 Å². The number of aliphatic hydroxyl groups is 1. The van der Waals surface area contributed by atoms with Crippen LogP contribution < -0.4 is 5.32 Å². The molecule has 1 saturated carbocycles. The molecule has 1 aliphatic heterocycles. The first kappa shape index (κ1) is 11.1. The molecule has 2 N–H and O–H groups in total. The lowest BCUT2D eigenvalue weighted by Crippen LogP contribution is -2.28. The van der Waals surface area contributed by atoms with Gasteiger partial charge in [0.05, 0.1) is 0 Å². The van der Waals surface area contributed by atoms with Crippen LogP contribution in [0.5, 0.6) is 0 Å². The van der Waals surface area contributed by atoms with E-state index in [0.29, 0.717) is 12.5 Å². The minimum Gasteiger partial charge on any atom is -0.396 e. The molecule has 0 aromatic heterocycles. The monoisotopic (exact) mass is 210 g/mol. The van der Waals surface area contributed by atoms with Crippen molar-refractivity contribution in [1.29, 1.82) is 0 Å². The van der Waals surface area contributed by atoms with Gasteiger partial charge in [0.1, 0.15) is 0 Å². The maximum absolute atomic E-state index is 9.04. The van der Waals surface area contributed by atoms with Gasteiger partial charge in [-0.2, -0.15) is 0 Å². The van der Waals surface area contributed by atoms with Gasteiger partial charge in [0, 0.05) is 32.3 Å². The second-order valence-corrected chi connectivity index (χ2v) is 4.98. The van der Waals surface area contributed by atoms with Crippen molar-refractivity contribution in [2.45, 2.75) is 25.3 Å². The van der Waals surface area contributed by atoms with Crippen LogP contribution in [0, 0.1) is 5.92 Å². The maximum atomic E-state index is 9.04. The first-order chi connectivity index (χ1) is 7.28. The van der Waals surface area contributed by atoms with Crippen LogP contribution in [0.4, 0.5) is 0 Å². The standard InChI is InChI=1S/C12H22N2O/c1-10(6-13-12-2-3-12)7-14-5-4-11(8-14)9-15/h11-13,15H,1-9H2. The molecule has 86 valence electrons. The summed E-state index contributed by atoms with van der Waals surface area (Å²) in [5.41, 5.74) is 1.28. The van der Waals surface area contributed by atoms with Crippen LogP contribution in [0.1, 0.15) is 19.3 Å². The Morgan fingerprint density at radius 1 is 1.40 bits per heavy atom. The van der Waals surface area contributed by atoms with Gasteiger partial charge in [0.25, 0.3) is 0 Å². The highest BCUT2D eigenvalue weighted by Crippen LogP contribution is 2.19. The fourth-order valence-electron chi connectivity index (χ4n) is 2.15. The van der Waals surface area contributed by atoms with Gasteiger partial charge in [0.15, 0.2) is 0 Å². The Morgan fingerprint density at radius 3 is 2.80 bits per heavy atom. The summed E-state index contributed by atoms with van der Waals surface area (Å²) in [6, 6.07) is 0.769. The van der Waals surface area contributed by atoms with Crippen LogP contribution >= 0.6 is 0 Å². The number of hydrogen-bond acceptors (Lipinski definition) is 3. The van der Waals surface area contributed by atoms with Crippen LogP contribution in [0.25, 0.3) is 0 Å². The fourth-order valence-corrected chi connectivity index (χ4v) is 2.15. The van der Waals surface area contributed by atoms with E-state index in [0.717, 1.165) is 38.6 Å². The predicted octanol–water partition coefficient (Wildman–Crippen LogP) is 0.609. The molecule has 3 nitrogen and oxygen atoms in total. The number of nitrogens with zero attached hydrogens (tertiary/aromatic N) is 1. The SMILES string of the molecule is C=C(CNC1CC1)CN1CCC(CO)C1.